The van der Waals surface area contributed by atoms with Gasteiger partial charge < -0.3 is 15.6 Å². The van der Waals surface area contributed by atoms with E-state index in [9.17, 15) is 4.79 Å². The second-order valence-corrected chi connectivity index (χ2v) is 7.01. The van der Waals surface area contributed by atoms with Gasteiger partial charge >= 0.3 is 0 Å². The number of rotatable bonds is 0. The van der Waals surface area contributed by atoms with Crippen LogP contribution in [0, 0.1) is 0 Å². The first kappa shape index (κ1) is 13.8. The standard InChI is InChI=1S/C20H19N3O/c1-12-10-11-14-13-6-2-4-8-16(13)21-18(14)20(23-12)15-7-3-5-9-17(15)22-19(20)24/h2-9,12,21,23H,10-11H2,1H3,(H,22,24)/p+1/t12-,20-/m0/s1. The molecular formula is C20H20N3O+. The van der Waals surface area contributed by atoms with Crippen LogP contribution in [-0.2, 0) is 16.8 Å². The predicted molar refractivity (Wildman–Crippen MR) is 93.9 cm³/mol. The number of amides is 1. The van der Waals surface area contributed by atoms with Crippen molar-refractivity contribution in [2.75, 3.05) is 5.32 Å². The number of hydrogen-bond acceptors (Lipinski definition) is 1. The van der Waals surface area contributed by atoms with Crippen LogP contribution in [0.15, 0.2) is 48.5 Å². The first-order valence-electron chi connectivity index (χ1n) is 8.57. The Bertz CT molecular complexity index is 974. The number of nitrogens with one attached hydrogen (secondary N) is 2. The summed E-state index contributed by atoms with van der Waals surface area (Å²) in [5.41, 5.74) is 4.74. The molecule has 24 heavy (non-hydrogen) atoms. The fourth-order valence-electron chi connectivity index (χ4n) is 4.45. The van der Waals surface area contributed by atoms with Gasteiger partial charge in [-0.2, -0.15) is 0 Å². The zero-order valence-corrected chi connectivity index (χ0v) is 13.6. The van der Waals surface area contributed by atoms with Crippen molar-refractivity contribution in [2.24, 2.45) is 0 Å². The first-order chi connectivity index (χ1) is 11.7. The van der Waals surface area contributed by atoms with Crippen LogP contribution in [0.3, 0.4) is 0 Å². The van der Waals surface area contributed by atoms with Gasteiger partial charge in [0.05, 0.1) is 23.0 Å². The number of aromatic amines is 1. The maximum atomic E-state index is 13.2. The van der Waals surface area contributed by atoms with Crippen molar-refractivity contribution in [3.8, 4) is 0 Å². The summed E-state index contributed by atoms with van der Waals surface area (Å²) in [6.07, 6.45) is 2.06. The summed E-state index contributed by atoms with van der Waals surface area (Å²) in [6.45, 7) is 2.21. The van der Waals surface area contributed by atoms with Gasteiger partial charge in [0.1, 0.15) is 0 Å². The Morgan fingerprint density at radius 3 is 2.83 bits per heavy atom. The highest BCUT2D eigenvalue weighted by atomic mass is 16.2. The van der Waals surface area contributed by atoms with Gasteiger partial charge in [0.15, 0.2) is 0 Å². The Kier molecular flexibility index (Phi) is 2.71. The highest BCUT2D eigenvalue weighted by Crippen LogP contribution is 2.42. The van der Waals surface area contributed by atoms with Crippen molar-refractivity contribution in [3.05, 3.63) is 65.4 Å². The zero-order valence-electron chi connectivity index (χ0n) is 13.6. The van der Waals surface area contributed by atoms with Crippen molar-refractivity contribution in [3.63, 3.8) is 0 Å². The number of para-hydroxylation sites is 2. The van der Waals surface area contributed by atoms with E-state index in [1.54, 1.807) is 0 Å². The average Bonchev–Trinajstić information content (AvgIpc) is 3.04. The van der Waals surface area contributed by atoms with Gasteiger partial charge in [-0.15, -0.1) is 0 Å². The predicted octanol–water partition coefficient (Wildman–Crippen LogP) is 2.26. The van der Waals surface area contributed by atoms with Gasteiger partial charge in [-0.05, 0) is 37.1 Å². The molecule has 3 aromatic rings. The van der Waals surface area contributed by atoms with Crippen molar-refractivity contribution in [2.45, 2.75) is 31.3 Å². The van der Waals surface area contributed by atoms with Crippen LogP contribution in [0.4, 0.5) is 5.69 Å². The van der Waals surface area contributed by atoms with E-state index in [4.69, 9.17) is 0 Å². The molecule has 2 aliphatic rings. The molecule has 0 bridgehead atoms. The van der Waals surface area contributed by atoms with Crippen LogP contribution < -0.4 is 10.6 Å². The molecule has 0 saturated carbocycles. The lowest BCUT2D eigenvalue weighted by Crippen LogP contribution is -3.00. The molecule has 0 aliphatic carbocycles. The van der Waals surface area contributed by atoms with E-state index in [1.165, 1.54) is 10.9 Å². The summed E-state index contributed by atoms with van der Waals surface area (Å²) in [5.74, 6) is 0.0604. The highest BCUT2D eigenvalue weighted by Gasteiger charge is 2.56. The number of quaternary nitrogens is 1. The number of anilines is 1. The number of carbonyl (C=O) groups is 1. The molecule has 2 atom stereocenters. The number of H-pyrrole nitrogens is 1. The molecule has 0 radical (unpaired) electrons. The molecule has 2 aromatic carbocycles. The van der Waals surface area contributed by atoms with E-state index in [-0.39, 0.29) is 5.91 Å². The maximum Gasteiger partial charge on any atom is 0.297 e. The van der Waals surface area contributed by atoms with Crippen LogP contribution in [-0.4, -0.2) is 16.9 Å². The minimum atomic E-state index is -0.707. The molecule has 2 aliphatic heterocycles. The topological polar surface area (TPSA) is 61.5 Å². The van der Waals surface area contributed by atoms with E-state index in [0.29, 0.717) is 6.04 Å². The Labute approximate surface area is 140 Å². The molecule has 1 spiro atoms. The summed E-state index contributed by atoms with van der Waals surface area (Å²) in [5, 5.41) is 6.59. The Hall–Kier alpha value is -2.59. The molecule has 4 heteroatoms. The molecular weight excluding hydrogens is 298 g/mol. The third-order valence-electron chi connectivity index (χ3n) is 5.55. The number of aryl methyl sites for hydroxylation is 1. The Morgan fingerprint density at radius 2 is 1.92 bits per heavy atom. The number of carbonyl (C=O) groups excluding carboxylic acids is 1. The summed E-state index contributed by atoms with van der Waals surface area (Å²) in [7, 11) is 0. The van der Waals surface area contributed by atoms with Crippen molar-refractivity contribution < 1.29 is 10.1 Å². The van der Waals surface area contributed by atoms with Gasteiger partial charge in [-0.1, -0.05) is 30.3 Å². The number of hydrogen-bond donors (Lipinski definition) is 3. The lowest BCUT2D eigenvalue weighted by molar-refractivity contribution is -0.738. The second-order valence-electron chi connectivity index (χ2n) is 7.01. The largest absolute Gasteiger partial charge is 0.352 e. The fraction of sp³-hybridized carbons (Fsp3) is 0.250. The van der Waals surface area contributed by atoms with Crippen molar-refractivity contribution >= 4 is 22.5 Å². The molecule has 4 N–H and O–H groups in total. The van der Waals surface area contributed by atoms with Crippen molar-refractivity contribution in [1.82, 2.24) is 4.98 Å². The fourth-order valence-corrected chi connectivity index (χ4v) is 4.45. The van der Waals surface area contributed by atoms with E-state index in [0.717, 1.165) is 35.3 Å². The third kappa shape index (κ3) is 1.64. The zero-order chi connectivity index (χ0) is 16.3. The summed E-state index contributed by atoms with van der Waals surface area (Å²) in [6, 6.07) is 16.8. The van der Waals surface area contributed by atoms with Crippen LogP contribution in [0.1, 0.15) is 30.2 Å². The second kappa shape index (κ2) is 4.71. The Morgan fingerprint density at radius 1 is 1.12 bits per heavy atom. The summed E-state index contributed by atoms with van der Waals surface area (Å²) >= 11 is 0. The van der Waals surface area contributed by atoms with E-state index >= 15 is 0 Å². The average molecular weight is 318 g/mol. The summed E-state index contributed by atoms with van der Waals surface area (Å²) in [4.78, 5) is 16.8. The summed E-state index contributed by atoms with van der Waals surface area (Å²) < 4.78 is 0. The van der Waals surface area contributed by atoms with E-state index in [1.807, 2.05) is 24.3 Å². The molecule has 3 heterocycles. The van der Waals surface area contributed by atoms with Gasteiger partial charge in [-0.3, -0.25) is 4.79 Å². The van der Waals surface area contributed by atoms with Crippen LogP contribution in [0.2, 0.25) is 0 Å². The van der Waals surface area contributed by atoms with Crippen LogP contribution in [0.25, 0.3) is 10.9 Å². The van der Waals surface area contributed by atoms with Gasteiger partial charge in [0, 0.05) is 17.3 Å². The maximum absolute atomic E-state index is 13.2. The van der Waals surface area contributed by atoms with E-state index in [2.05, 4.69) is 46.8 Å². The highest BCUT2D eigenvalue weighted by molar-refractivity contribution is 6.08. The smallest absolute Gasteiger partial charge is 0.297 e. The molecule has 1 aromatic heterocycles. The first-order valence-corrected chi connectivity index (χ1v) is 8.57. The molecule has 0 fully saturated rings. The van der Waals surface area contributed by atoms with Crippen LogP contribution in [0.5, 0.6) is 0 Å². The Balaban J connectivity index is 1.88. The molecule has 4 nitrogen and oxygen atoms in total. The minimum absolute atomic E-state index is 0.0604. The quantitative estimate of drug-likeness (QED) is 0.585. The SMILES string of the molecule is C[C@H]1CCc2c([nH]c3ccccc23)[C@]2([NH2+]1)C(=O)Nc1ccccc12. The number of benzene rings is 2. The van der Waals surface area contributed by atoms with Gasteiger partial charge in [0.2, 0.25) is 5.54 Å². The molecule has 5 rings (SSSR count). The van der Waals surface area contributed by atoms with E-state index < -0.39 is 5.54 Å². The molecule has 0 saturated heterocycles. The minimum Gasteiger partial charge on any atom is -0.352 e. The number of fused-ring (bicyclic) bond motifs is 6. The number of aromatic nitrogens is 1. The molecule has 0 unspecified atom stereocenters. The van der Waals surface area contributed by atoms with Crippen LogP contribution >= 0.6 is 0 Å². The molecule has 120 valence electrons. The normalized spacial score (nSPS) is 25.4. The van der Waals surface area contributed by atoms with Gasteiger partial charge in [-0.25, -0.2) is 0 Å². The molecule has 1 amide bonds. The lowest BCUT2D eigenvalue weighted by Gasteiger charge is -2.26. The van der Waals surface area contributed by atoms with Gasteiger partial charge in [0.25, 0.3) is 5.91 Å². The monoisotopic (exact) mass is 318 g/mol. The van der Waals surface area contributed by atoms with Crippen molar-refractivity contribution in [1.29, 1.82) is 0 Å². The number of nitrogens with two attached hydrogens (primary N) is 1. The lowest BCUT2D eigenvalue weighted by atomic mass is 9.85. The third-order valence-corrected chi connectivity index (χ3v) is 5.55.